The molecule has 3 heterocycles. The highest BCUT2D eigenvalue weighted by Crippen LogP contribution is 2.26. The van der Waals surface area contributed by atoms with Crippen LogP contribution in [-0.2, 0) is 13.1 Å². The average molecular weight is 469 g/mol. The number of aromatic amines is 1. The summed E-state index contributed by atoms with van der Waals surface area (Å²) in [5.74, 6) is -0.225. The van der Waals surface area contributed by atoms with Crippen LogP contribution in [0.4, 0.5) is 5.69 Å². The molecule has 2 N–H and O–H groups in total. The minimum atomic E-state index is -0.225. The van der Waals surface area contributed by atoms with Crippen LogP contribution in [0.3, 0.4) is 0 Å². The van der Waals surface area contributed by atoms with Crippen molar-refractivity contribution < 1.29 is 4.79 Å². The SMILES string of the molecule is CN(C)Cc1cncc(-c2ccc3[nH]nc(C(=O)Nc4ccc(CN5CCCCC5)cc4)c3c2)c1. The van der Waals surface area contributed by atoms with E-state index in [1.54, 1.807) is 0 Å². The highest BCUT2D eigenvalue weighted by atomic mass is 16.1. The number of nitrogens with one attached hydrogen (secondary N) is 2. The van der Waals surface area contributed by atoms with Gasteiger partial charge in [0.25, 0.3) is 5.91 Å². The number of carbonyl (C=O) groups is 1. The topological polar surface area (TPSA) is 77.1 Å². The Hall–Kier alpha value is -3.55. The predicted octanol–water partition coefficient (Wildman–Crippen LogP) is 4.92. The van der Waals surface area contributed by atoms with Gasteiger partial charge in [-0.3, -0.25) is 19.8 Å². The molecule has 1 amide bonds. The first-order valence-electron chi connectivity index (χ1n) is 12.2. The number of aromatic nitrogens is 3. The lowest BCUT2D eigenvalue weighted by atomic mass is 10.0. The van der Waals surface area contributed by atoms with Gasteiger partial charge < -0.3 is 10.2 Å². The van der Waals surface area contributed by atoms with Crippen LogP contribution in [0.1, 0.15) is 40.9 Å². The van der Waals surface area contributed by atoms with Gasteiger partial charge in [-0.25, -0.2) is 0 Å². The summed E-state index contributed by atoms with van der Waals surface area (Å²) in [7, 11) is 4.08. The molecule has 2 aromatic heterocycles. The van der Waals surface area contributed by atoms with Crippen LogP contribution in [0, 0.1) is 0 Å². The monoisotopic (exact) mass is 468 g/mol. The molecular weight excluding hydrogens is 436 g/mol. The summed E-state index contributed by atoms with van der Waals surface area (Å²) < 4.78 is 0. The van der Waals surface area contributed by atoms with Gasteiger partial charge in [-0.15, -0.1) is 0 Å². The standard InChI is InChI=1S/C28H32N6O/c1-33(2)18-21-14-23(17-29-16-21)22-8-11-26-25(15-22)27(32-31-26)28(35)30-24-9-6-20(7-10-24)19-34-12-4-3-5-13-34/h6-11,14-17H,3-5,12-13,18-19H2,1-2H3,(H,30,35)(H,31,32). The predicted molar refractivity (Wildman–Crippen MR) is 140 cm³/mol. The first kappa shape index (κ1) is 23.2. The zero-order chi connectivity index (χ0) is 24.2. The number of pyridine rings is 1. The quantitative estimate of drug-likeness (QED) is 0.402. The summed E-state index contributed by atoms with van der Waals surface area (Å²) in [4.78, 5) is 22.1. The van der Waals surface area contributed by atoms with Crippen molar-refractivity contribution in [1.82, 2.24) is 25.0 Å². The van der Waals surface area contributed by atoms with E-state index in [2.05, 4.69) is 48.5 Å². The summed E-state index contributed by atoms with van der Waals surface area (Å²) in [6, 6.07) is 16.3. The fourth-order valence-corrected chi connectivity index (χ4v) is 4.72. The van der Waals surface area contributed by atoms with E-state index in [1.807, 2.05) is 56.8 Å². The molecule has 4 aromatic rings. The van der Waals surface area contributed by atoms with Crippen molar-refractivity contribution in [1.29, 1.82) is 0 Å². The highest BCUT2D eigenvalue weighted by Gasteiger charge is 2.16. The first-order chi connectivity index (χ1) is 17.0. The summed E-state index contributed by atoms with van der Waals surface area (Å²) in [6.45, 7) is 4.12. The van der Waals surface area contributed by atoms with Crippen molar-refractivity contribution in [3.05, 3.63) is 77.7 Å². The summed E-state index contributed by atoms with van der Waals surface area (Å²) in [5, 5.41) is 11.1. The lowest BCUT2D eigenvalue weighted by Crippen LogP contribution is -2.29. The number of hydrogen-bond acceptors (Lipinski definition) is 5. The number of anilines is 1. The van der Waals surface area contributed by atoms with Gasteiger partial charge in [0.1, 0.15) is 0 Å². The number of piperidine rings is 1. The van der Waals surface area contributed by atoms with Crippen LogP contribution in [0.5, 0.6) is 0 Å². The summed E-state index contributed by atoms with van der Waals surface area (Å²) in [5.41, 5.74) is 6.41. The number of hydrogen-bond donors (Lipinski definition) is 2. The molecule has 0 unspecified atom stereocenters. The van der Waals surface area contributed by atoms with Crippen molar-refractivity contribution >= 4 is 22.5 Å². The smallest absolute Gasteiger partial charge is 0.276 e. The first-order valence-corrected chi connectivity index (χ1v) is 12.2. The van der Waals surface area contributed by atoms with E-state index >= 15 is 0 Å². The van der Waals surface area contributed by atoms with E-state index in [4.69, 9.17) is 0 Å². The van der Waals surface area contributed by atoms with E-state index in [0.29, 0.717) is 5.69 Å². The second-order valence-corrected chi connectivity index (χ2v) is 9.64. The van der Waals surface area contributed by atoms with Crippen LogP contribution in [0.25, 0.3) is 22.0 Å². The molecule has 0 radical (unpaired) electrons. The highest BCUT2D eigenvalue weighted by molar-refractivity contribution is 6.11. The van der Waals surface area contributed by atoms with Crippen LogP contribution < -0.4 is 5.32 Å². The number of rotatable bonds is 7. The van der Waals surface area contributed by atoms with Gasteiger partial charge in [-0.1, -0.05) is 24.6 Å². The maximum Gasteiger partial charge on any atom is 0.276 e. The third-order valence-electron chi connectivity index (χ3n) is 6.47. The number of amides is 1. The second kappa shape index (κ2) is 10.4. The normalized spacial score (nSPS) is 14.5. The van der Waals surface area contributed by atoms with Crippen molar-refractivity contribution in [2.24, 2.45) is 0 Å². The number of carbonyl (C=O) groups excluding carboxylic acids is 1. The maximum absolute atomic E-state index is 13.1. The Balaban J connectivity index is 1.32. The Bertz CT molecular complexity index is 1300. The minimum absolute atomic E-state index is 0.225. The Kier molecular flexibility index (Phi) is 6.88. The minimum Gasteiger partial charge on any atom is -0.321 e. The maximum atomic E-state index is 13.1. The molecule has 0 spiro atoms. The van der Waals surface area contributed by atoms with Gasteiger partial charge in [0.05, 0.1) is 5.52 Å². The average Bonchev–Trinajstić information content (AvgIpc) is 3.29. The van der Waals surface area contributed by atoms with Gasteiger partial charge in [0.15, 0.2) is 5.69 Å². The van der Waals surface area contributed by atoms with Gasteiger partial charge in [0, 0.05) is 42.1 Å². The lowest BCUT2D eigenvalue weighted by Gasteiger charge is -2.26. The third-order valence-corrected chi connectivity index (χ3v) is 6.47. The molecule has 7 nitrogen and oxygen atoms in total. The fraction of sp³-hybridized carbons (Fsp3) is 0.321. The molecule has 0 atom stereocenters. The molecule has 2 aromatic carbocycles. The number of fused-ring (bicyclic) bond motifs is 1. The molecule has 1 fully saturated rings. The van der Waals surface area contributed by atoms with Crippen LogP contribution in [-0.4, -0.2) is 58.1 Å². The van der Waals surface area contributed by atoms with Gasteiger partial charge in [-0.2, -0.15) is 5.10 Å². The van der Waals surface area contributed by atoms with E-state index in [9.17, 15) is 4.79 Å². The number of benzene rings is 2. The molecule has 0 aliphatic carbocycles. The number of nitrogens with zero attached hydrogens (tertiary/aromatic N) is 4. The molecule has 180 valence electrons. The molecule has 0 saturated carbocycles. The van der Waals surface area contributed by atoms with Gasteiger partial charge in [-0.05, 0) is 87.0 Å². The third kappa shape index (κ3) is 5.58. The Morgan fingerprint density at radius 1 is 0.971 bits per heavy atom. The van der Waals surface area contributed by atoms with Crippen LogP contribution in [0.2, 0.25) is 0 Å². The Labute approximate surface area is 206 Å². The van der Waals surface area contributed by atoms with Crippen molar-refractivity contribution in [3.63, 3.8) is 0 Å². The molecule has 5 rings (SSSR count). The van der Waals surface area contributed by atoms with Crippen molar-refractivity contribution in [2.45, 2.75) is 32.4 Å². The number of H-pyrrole nitrogens is 1. The molecular formula is C28H32N6O. The molecule has 1 saturated heterocycles. The van der Waals surface area contributed by atoms with Crippen molar-refractivity contribution in [2.75, 3.05) is 32.5 Å². The van der Waals surface area contributed by atoms with E-state index in [-0.39, 0.29) is 5.91 Å². The molecule has 35 heavy (non-hydrogen) atoms. The zero-order valence-corrected chi connectivity index (χ0v) is 20.4. The fourth-order valence-electron chi connectivity index (χ4n) is 4.72. The summed E-state index contributed by atoms with van der Waals surface area (Å²) >= 11 is 0. The Morgan fingerprint density at radius 3 is 2.54 bits per heavy atom. The number of likely N-dealkylation sites (tertiary alicyclic amines) is 1. The molecule has 7 heteroatoms. The van der Waals surface area contributed by atoms with Crippen LogP contribution >= 0.6 is 0 Å². The van der Waals surface area contributed by atoms with Gasteiger partial charge in [0.2, 0.25) is 0 Å². The lowest BCUT2D eigenvalue weighted by molar-refractivity contribution is 0.102. The van der Waals surface area contributed by atoms with E-state index in [0.717, 1.165) is 46.4 Å². The van der Waals surface area contributed by atoms with E-state index < -0.39 is 0 Å². The van der Waals surface area contributed by atoms with Crippen LogP contribution in [0.15, 0.2) is 60.9 Å². The molecule has 1 aliphatic rings. The van der Waals surface area contributed by atoms with Gasteiger partial charge >= 0.3 is 0 Å². The molecule has 1 aliphatic heterocycles. The van der Waals surface area contributed by atoms with Crippen molar-refractivity contribution in [3.8, 4) is 11.1 Å². The zero-order valence-electron chi connectivity index (χ0n) is 20.4. The largest absolute Gasteiger partial charge is 0.321 e. The second-order valence-electron chi connectivity index (χ2n) is 9.64. The summed E-state index contributed by atoms with van der Waals surface area (Å²) in [6.07, 6.45) is 7.64. The Morgan fingerprint density at radius 2 is 1.77 bits per heavy atom. The van der Waals surface area contributed by atoms with E-state index in [1.165, 1.54) is 37.9 Å². The molecule has 0 bridgehead atoms.